The van der Waals surface area contributed by atoms with Crippen molar-refractivity contribution < 1.29 is 38.6 Å². The molecule has 10 nitrogen and oxygen atoms in total. The van der Waals surface area contributed by atoms with Crippen molar-refractivity contribution in [2.45, 2.75) is 12.2 Å². The molecule has 0 fully saturated rings. The van der Waals surface area contributed by atoms with E-state index in [1.54, 1.807) is 0 Å². The van der Waals surface area contributed by atoms with Crippen LogP contribution in [0.25, 0.3) is 0 Å². The summed E-state index contributed by atoms with van der Waals surface area (Å²) in [6.45, 7) is 0. The molecule has 0 aliphatic carbocycles. The number of esters is 2. The average Bonchev–Trinajstić information content (AvgIpc) is 2.89. The van der Waals surface area contributed by atoms with Gasteiger partial charge in [0.05, 0.1) is 11.1 Å². The quantitative estimate of drug-likeness (QED) is 0.268. The number of carbonyl (C=O) groups excluding carboxylic acids is 4. The van der Waals surface area contributed by atoms with Crippen LogP contribution in [0.1, 0.15) is 31.1 Å². The van der Waals surface area contributed by atoms with Crippen LogP contribution in [-0.2, 0) is 19.1 Å². The Morgan fingerprint density at radius 2 is 0.947 bits per heavy atom. The van der Waals surface area contributed by atoms with Gasteiger partial charge in [0, 0.05) is 20.6 Å². The summed E-state index contributed by atoms with van der Waals surface area (Å²) >= 11 is 17.4. The van der Waals surface area contributed by atoms with Crippen LogP contribution in [0.2, 0.25) is 15.1 Å². The molecular formula is C25H17Cl3N2O8. The van der Waals surface area contributed by atoms with Crippen LogP contribution in [0.15, 0.2) is 72.8 Å². The van der Waals surface area contributed by atoms with Crippen LogP contribution in [0.4, 0.5) is 0 Å². The maximum Gasteiger partial charge on any atom is 0.349 e. The summed E-state index contributed by atoms with van der Waals surface area (Å²) in [6.07, 6.45) is -4.53. The number of rotatable bonds is 8. The van der Waals surface area contributed by atoms with Gasteiger partial charge in [0.15, 0.2) is 0 Å². The van der Waals surface area contributed by atoms with Gasteiger partial charge in [-0.25, -0.2) is 14.4 Å². The Morgan fingerprint density at radius 3 is 1.34 bits per heavy atom. The van der Waals surface area contributed by atoms with Gasteiger partial charge in [-0.1, -0.05) is 34.8 Å². The van der Waals surface area contributed by atoms with Gasteiger partial charge in [-0.15, -0.1) is 0 Å². The highest BCUT2D eigenvalue weighted by molar-refractivity contribution is 6.31. The number of nitrogens with one attached hydrogen (secondary N) is 2. The minimum atomic E-state index is -2.30. The molecule has 0 unspecified atom stereocenters. The van der Waals surface area contributed by atoms with Gasteiger partial charge in [0.1, 0.15) is 0 Å². The number of benzene rings is 3. The monoisotopic (exact) mass is 578 g/mol. The maximum absolute atomic E-state index is 12.9. The Bertz CT molecular complexity index is 1350. The van der Waals surface area contributed by atoms with Crippen LogP contribution in [0.5, 0.6) is 0 Å². The lowest BCUT2D eigenvalue weighted by Crippen LogP contribution is -2.54. The Kier molecular flexibility index (Phi) is 9.66. The molecule has 0 saturated carbocycles. The molecule has 0 aliphatic rings. The fraction of sp³-hybridized carbons (Fsp3) is 0.0800. The Labute approximate surface area is 230 Å². The number of carboxylic acids is 1. The summed E-state index contributed by atoms with van der Waals surface area (Å²) in [6, 6.07) is 16.2. The molecule has 38 heavy (non-hydrogen) atoms. The van der Waals surface area contributed by atoms with Gasteiger partial charge < -0.3 is 14.6 Å². The van der Waals surface area contributed by atoms with Crippen molar-refractivity contribution in [2.75, 3.05) is 0 Å². The molecule has 196 valence electrons. The fourth-order valence-electron chi connectivity index (χ4n) is 2.90. The second kappa shape index (κ2) is 12.9. The molecule has 0 bridgehead atoms. The normalized spacial score (nSPS) is 12.0. The average molecular weight is 580 g/mol. The highest BCUT2D eigenvalue weighted by Gasteiger charge is 2.41. The summed E-state index contributed by atoms with van der Waals surface area (Å²) in [5.41, 5.74) is 3.98. The van der Waals surface area contributed by atoms with E-state index in [2.05, 4.69) is 5.43 Å². The van der Waals surface area contributed by atoms with Crippen molar-refractivity contribution >= 4 is 64.5 Å². The van der Waals surface area contributed by atoms with E-state index in [4.69, 9.17) is 44.3 Å². The first-order chi connectivity index (χ1) is 18.0. The standard InChI is InChI=1S/C25H17Cl3N2O8/c26-16-7-1-13(2-8-16)21(31)29-30-22(32)19(37-24(35)14-3-9-17(27)10-4-14)20(23(33)34)38-25(36)15-5-11-18(28)12-6-15/h1-12,19-20H,(H,29,31)(H,30,32)(H,33,34)/t19-,20-/m0/s1. The van der Waals surface area contributed by atoms with E-state index < -0.39 is 41.9 Å². The second-order valence-corrected chi connectivity index (χ2v) is 8.76. The Morgan fingerprint density at radius 1 is 0.579 bits per heavy atom. The molecule has 0 aromatic heterocycles. The van der Waals surface area contributed by atoms with Crippen LogP contribution in [0, 0.1) is 0 Å². The molecular weight excluding hydrogens is 563 g/mol. The van der Waals surface area contributed by atoms with Gasteiger partial charge in [-0.3, -0.25) is 20.4 Å². The first-order valence-electron chi connectivity index (χ1n) is 10.6. The zero-order valence-corrected chi connectivity index (χ0v) is 21.3. The molecule has 0 aliphatic heterocycles. The highest BCUT2D eigenvalue weighted by atomic mass is 35.5. The summed E-state index contributed by atoms with van der Waals surface area (Å²) in [5.74, 6) is -6.16. The molecule has 3 rings (SSSR count). The predicted octanol–water partition coefficient (Wildman–Crippen LogP) is 3.94. The third-order valence-corrected chi connectivity index (χ3v) is 5.57. The zero-order valence-electron chi connectivity index (χ0n) is 19.0. The van der Waals surface area contributed by atoms with E-state index in [0.717, 1.165) is 0 Å². The zero-order chi connectivity index (χ0) is 27.8. The molecule has 2 amide bonds. The first-order valence-corrected chi connectivity index (χ1v) is 11.7. The topological polar surface area (TPSA) is 148 Å². The molecule has 3 N–H and O–H groups in total. The number of halogens is 3. The molecule has 3 aromatic rings. The Balaban J connectivity index is 1.84. The number of amides is 2. The first kappa shape index (κ1) is 28.5. The van der Waals surface area contributed by atoms with Crippen molar-refractivity contribution in [1.82, 2.24) is 10.9 Å². The fourth-order valence-corrected chi connectivity index (χ4v) is 3.27. The number of hydrogen-bond donors (Lipinski definition) is 3. The SMILES string of the molecule is O=C(NNC(=O)[C@@H](OC(=O)c1ccc(Cl)cc1)[C@H](OC(=O)c1ccc(Cl)cc1)C(=O)O)c1ccc(Cl)cc1. The minimum Gasteiger partial charge on any atom is -0.478 e. The van der Waals surface area contributed by atoms with E-state index >= 15 is 0 Å². The van der Waals surface area contributed by atoms with E-state index in [1.807, 2.05) is 5.43 Å². The van der Waals surface area contributed by atoms with Gasteiger partial charge in [-0.05, 0) is 72.8 Å². The largest absolute Gasteiger partial charge is 0.478 e. The van der Waals surface area contributed by atoms with Crippen molar-refractivity contribution in [3.63, 3.8) is 0 Å². The third kappa shape index (κ3) is 7.69. The van der Waals surface area contributed by atoms with Crippen LogP contribution < -0.4 is 10.9 Å². The van der Waals surface area contributed by atoms with Gasteiger partial charge in [-0.2, -0.15) is 0 Å². The van der Waals surface area contributed by atoms with E-state index in [0.29, 0.717) is 15.1 Å². The molecule has 2 atom stereocenters. The smallest absolute Gasteiger partial charge is 0.349 e. The molecule has 0 saturated heterocycles. The predicted molar refractivity (Wildman–Crippen MR) is 136 cm³/mol. The van der Waals surface area contributed by atoms with E-state index in [1.165, 1.54) is 72.8 Å². The minimum absolute atomic E-state index is 0.0782. The van der Waals surface area contributed by atoms with Crippen molar-refractivity contribution in [3.8, 4) is 0 Å². The lowest BCUT2D eigenvalue weighted by molar-refractivity contribution is -0.159. The van der Waals surface area contributed by atoms with Gasteiger partial charge >= 0.3 is 17.9 Å². The maximum atomic E-state index is 12.9. The molecule has 13 heteroatoms. The lowest BCUT2D eigenvalue weighted by atomic mass is 10.1. The molecule has 0 spiro atoms. The van der Waals surface area contributed by atoms with Crippen LogP contribution in [0.3, 0.4) is 0 Å². The molecule has 0 radical (unpaired) electrons. The van der Waals surface area contributed by atoms with Crippen molar-refractivity contribution in [1.29, 1.82) is 0 Å². The number of hydrogen-bond acceptors (Lipinski definition) is 7. The number of carboxylic acid groups (broad SMARTS) is 1. The van der Waals surface area contributed by atoms with Crippen LogP contribution in [-0.4, -0.2) is 47.0 Å². The highest BCUT2D eigenvalue weighted by Crippen LogP contribution is 2.17. The Hall–Kier alpha value is -4.12. The van der Waals surface area contributed by atoms with Crippen molar-refractivity contribution in [3.05, 3.63) is 105 Å². The van der Waals surface area contributed by atoms with E-state index in [9.17, 15) is 29.1 Å². The second-order valence-electron chi connectivity index (χ2n) is 7.45. The number of aliphatic carboxylic acids is 1. The number of ether oxygens (including phenoxy) is 2. The van der Waals surface area contributed by atoms with Gasteiger partial charge in [0.25, 0.3) is 11.8 Å². The lowest BCUT2D eigenvalue weighted by Gasteiger charge is -2.23. The molecule has 3 aromatic carbocycles. The van der Waals surface area contributed by atoms with Gasteiger partial charge in [0.2, 0.25) is 12.2 Å². The van der Waals surface area contributed by atoms with Crippen molar-refractivity contribution in [2.24, 2.45) is 0 Å². The number of carbonyl (C=O) groups is 5. The summed E-state index contributed by atoms with van der Waals surface area (Å²) < 4.78 is 10.1. The van der Waals surface area contributed by atoms with E-state index in [-0.39, 0.29) is 16.7 Å². The summed E-state index contributed by atoms with van der Waals surface area (Å²) in [7, 11) is 0. The third-order valence-electron chi connectivity index (χ3n) is 4.81. The summed E-state index contributed by atoms with van der Waals surface area (Å²) in [4.78, 5) is 62.6. The number of hydrazine groups is 1. The van der Waals surface area contributed by atoms with Crippen LogP contribution >= 0.6 is 34.8 Å². The summed E-state index contributed by atoms with van der Waals surface area (Å²) in [5, 5.41) is 10.7. The molecule has 0 heterocycles.